The molecule has 1 N–H and O–H groups in total. The van der Waals surface area contributed by atoms with E-state index in [4.69, 9.17) is 28.4 Å². The number of rotatable bonds is 8. The molecule has 0 spiro atoms. The molecule has 0 aliphatic carbocycles. The predicted molar refractivity (Wildman–Crippen MR) is 106 cm³/mol. The molecular weight excluding hydrogens is 444 g/mol. The average molecular weight is 468 g/mol. The van der Waals surface area contributed by atoms with Gasteiger partial charge in [-0.1, -0.05) is 0 Å². The summed E-state index contributed by atoms with van der Waals surface area (Å²) in [5, 5.41) is 10.2. The second-order valence-corrected chi connectivity index (χ2v) is 7.03. The Bertz CT molecular complexity index is 911. The van der Waals surface area contributed by atoms with E-state index in [0.717, 1.165) is 33.8 Å². The topological polar surface area (TPSA) is 161 Å². The second kappa shape index (κ2) is 11.3. The van der Waals surface area contributed by atoms with Crippen molar-refractivity contribution in [3.05, 3.63) is 23.8 Å². The van der Waals surface area contributed by atoms with Crippen LogP contribution in [0.15, 0.2) is 18.2 Å². The van der Waals surface area contributed by atoms with Gasteiger partial charge >= 0.3 is 23.9 Å². The third-order valence-electron chi connectivity index (χ3n) is 4.31. The van der Waals surface area contributed by atoms with Crippen LogP contribution in [0.25, 0.3) is 0 Å². The monoisotopic (exact) mass is 468 g/mol. The molecule has 1 fully saturated rings. The number of hydrogen-bond acceptors (Lipinski definition) is 12. The zero-order valence-electron chi connectivity index (χ0n) is 18.3. The SMILES string of the molecule is CC(=O)OC[C@@H]1O[C@@H](Oc2ccc(C=O)cc2O)[C@@H](OC(C)=O)[C@H](OC(C)=O)[C@H]1OC(C)=O. The molecule has 33 heavy (non-hydrogen) atoms. The quantitative estimate of drug-likeness (QED) is 0.323. The van der Waals surface area contributed by atoms with Crippen molar-refractivity contribution >= 4 is 30.2 Å². The van der Waals surface area contributed by atoms with Crippen LogP contribution < -0.4 is 4.74 Å². The maximum absolute atomic E-state index is 11.8. The highest BCUT2D eigenvalue weighted by molar-refractivity contribution is 5.76. The third kappa shape index (κ3) is 7.17. The van der Waals surface area contributed by atoms with Crippen LogP contribution in [0.3, 0.4) is 0 Å². The predicted octanol–water partition coefficient (Wildman–Crippen LogP) is 0.667. The summed E-state index contributed by atoms with van der Waals surface area (Å²) in [5.74, 6) is -3.59. The van der Waals surface area contributed by atoms with E-state index in [-0.39, 0.29) is 11.3 Å². The molecule has 1 aromatic carbocycles. The summed E-state index contributed by atoms with van der Waals surface area (Å²) in [7, 11) is 0. The molecule has 0 unspecified atom stereocenters. The lowest BCUT2D eigenvalue weighted by molar-refractivity contribution is -0.288. The van der Waals surface area contributed by atoms with E-state index in [1.165, 1.54) is 12.1 Å². The fourth-order valence-corrected chi connectivity index (χ4v) is 3.12. The average Bonchev–Trinajstić information content (AvgIpc) is 2.71. The number of phenols is 1. The summed E-state index contributed by atoms with van der Waals surface area (Å²) in [6.07, 6.45) is -6.38. The van der Waals surface area contributed by atoms with Crippen LogP contribution in [0.1, 0.15) is 38.1 Å². The van der Waals surface area contributed by atoms with Gasteiger partial charge in [-0.05, 0) is 18.2 Å². The molecule has 5 atom stereocenters. The fraction of sp³-hybridized carbons (Fsp3) is 0.476. The molecule has 0 saturated carbocycles. The first-order chi connectivity index (χ1) is 15.5. The van der Waals surface area contributed by atoms with Gasteiger partial charge in [-0.3, -0.25) is 24.0 Å². The Morgan fingerprint density at radius 3 is 2.00 bits per heavy atom. The Labute approximate surface area is 188 Å². The van der Waals surface area contributed by atoms with Gasteiger partial charge in [0.1, 0.15) is 19.0 Å². The van der Waals surface area contributed by atoms with Crippen LogP contribution in [-0.2, 0) is 42.9 Å². The highest BCUT2D eigenvalue weighted by Crippen LogP contribution is 2.34. The number of carbonyl (C=O) groups is 5. The van der Waals surface area contributed by atoms with Crippen LogP contribution in [-0.4, -0.2) is 72.6 Å². The summed E-state index contributed by atoms with van der Waals surface area (Å²) in [6, 6.07) is 3.76. The number of phenolic OH excluding ortho intramolecular Hbond substituents is 1. The maximum atomic E-state index is 11.8. The lowest BCUT2D eigenvalue weighted by atomic mass is 9.98. The number of hydrogen-bond donors (Lipinski definition) is 1. The molecule has 1 aliphatic heterocycles. The van der Waals surface area contributed by atoms with E-state index < -0.39 is 66.9 Å². The molecule has 180 valence electrons. The van der Waals surface area contributed by atoms with Crippen LogP contribution in [0.5, 0.6) is 11.5 Å². The summed E-state index contributed by atoms with van der Waals surface area (Å²) in [4.78, 5) is 57.5. The highest BCUT2D eigenvalue weighted by atomic mass is 16.7. The minimum atomic E-state index is -1.50. The Morgan fingerprint density at radius 2 is 1.48 bits per heavy atom. The number of aromatic hydroxyl groups is 1. The van der Waals surface area contributed by atoms with Crippen LogP contribution >= 0.6 is 0 Å². The van der Waals surface area contributed by atoms with Gasteiger partial charge in [0.05, 0.1) is 0 Å². The lowest BCUT2D eigenvalue weighted by Crippen LogP contribution is -2.63. The highest BCUT2D eigenvalue weighted by Gasteiger charge is 2.53. The summed E-state index contributed by atoms with van der Waals surface area (Å²) in [5.41, 5.74) is 0.168. The van der Waals surface area contributed by atoms with Gasteiger partial charge < -0.3 is 33.5 Å². The number of carbonyl (C=O) groups excluding carboxylic acids is 5. The number of aldehydes is 1. The van der Waals surface area contributed by atoms with E-state index >= 15 is 0 Å². The van der Waals surface area contributed by atoms with Crippen LogP contribution in [0.4, 0.5) is 0 Å². The van der Waals surface area contributed by atoms with Crippen molar-refractivity contribution < 1.29 is 57.5 Å². The van der Waals surface area contributed by atoms with Gasteiger partial charge in [-0.25, -0.2) is 0 Å². The summed E-state index contributed by atoms with van der Waals surface area (Å²) >= 11 is 0. The largest absolute Gasteiger partial charge is 0.504 e. The molecule has 1 heterocycles. The molecule has 0 amide bonds. The minimum absolute atomic E-state index is 0.151. The van der Waals surface area contributed by atoms with E-state index in [0.29, 0.717) is 6.29 Å². The molecule has 0 aromatic heterocycles. The van der Waals surface area contributed by atoms with Crippen molar-refractivity contribution in [3.8, 4) is 11.5 Å². The van der Waals surface area contributed by atoms with Gasteiger partial charge in [-0.2, -0.15) is 0 Å². The van der Waals surface area contributed by atoms with Crippen molar-refractivity contribution in [2.24, 2.45) is 0 Å². The molecule has 12 heteroatoms. The molecule has 0 bridgehead atoms. The molecule has 1 saturated heterocycles. The van der Waals surface area contributed by atoms with Gasteiger partial charge in [0, 0.05) is 33.3 Å². The summed E-state index contributed by atoms with van der Waals surface area (Å²) in [6.45, 7) is 4.00. The molecule has 0 radical (unpaired) electrons. The van der Waals surface area contributed by atoms with Gasteiger partial charge in [0.2, 0.25) is 12.4 Å². The standard InChI is InChI=1S/C21H24O12/c1-10(23)28-9-17-18(29-11(2)24)19(30-12(3)25)20(31-13(4)26)21(33-17)32-16-6-5-14(8-22)7-15(16)27/h5-8,17-21,27H,9H2,1-4H3/t17-,18-,19+,20-,21+/m0/s1. The van der Waals surface area contributed by atoms with Gasteiger partial charge in [0.25, 0.3) is 0 Å². The Morgan fingerprint density at radius 1 is 0.909 bits per heavy atom. The minimum Gasteiger partial charge on any atom is -0.504 e. The molecule has 2 rings (SSSR count). The molecular formula is C21H24O12. The molecule has 1 aromatic rings. The molecule has 1 aliphatic rings. The first-order valence-electron chi connectivity index (χ1n) is 9.77. The number of ether oxygens (including phenoxy) is 6. The zero-order chi connectivity index (χ0) is 24.7. The molecule has 12 nitrogen and oxygen atoms in total. The normalized spacial score (nSPS) is 24.2. The number of esters is 4. The van der Waals surface area contributed by atoms with Crippen molar-refractivity contribution in [2.45, 2.75) is 58.4 Å². The van der Waals surface area contributed by atoms with Crippen LogP contribution in [0.2, 0.25) is 0 Å². The smallest absolute Gasteiger partial charge is 0.303 e. The van der Waals surface area contributed by atoms with Gasteiger partial charge in [0.15, 0.2) is 23.7 Å². The Kier molecular flexibility index (Phi) is 8.74. The van der Waals surface area contributed by atoms with Crippen molar-refractivity contribution in [3.63, 3.8) is 0 Å². The Hall–Kier alpha value is -3.67. The van der Waals surface area contributed by atoms with Crippen molar-refractivity contribution in [1.29, 1.82) is 0 Å². The fourth-order valence-electron chi connectivity index (χ4n) is 3.12. The first-order valence-corrected chi connectivity index (χ1v) is 9.77. The third-order valence-corrected chi connectivity index (χ3v) is 4.31. The van der Waals surface area contributed by atoms with E-state index in [1.807, 2.05) is 0 Å². The Balaban J connectivity index is 2.48. The van der Waals surface area contributed by atoms with Gasteiger partial charge in [-0.15, -0.1) is 0 Å². The zero-order valence-corrected chi connectivity index (χ0v) is 18.3. The first kappa shape index (κ1) is 25.6. The summed E-state index contributed by atoms with van der Waals surface area (Å²) < 4.78 is 32.2. The lowest BCUT2D eigenvalue weighted by Gasteiger charge is -2.43. The van der Waals surface area contributed by atoms with E-state index in [1.54, 1.807) is 0 Å². The number of benzene rings is 1. The van der Waals surface area contributed by atoms with E-state index in [9.17, 15) is 29.1 Å². The second-order valence-electron chi connectivity index (χ2n) is 7.03. The van der Waals surface area contributed by atoms with E-state index in [2.05, 4.69) is 0 Å². The van der Waals surface area contributed by atoms with Crippen LogP contribution in [0, 0.1) is 0 Å². The van der Waals surface area contributed by atoms with Crippen molar-refractivity contribution in [1.82, 2.24) is 0 Å². The van der Waals surface area contributed by atoms with Crippen molar-refractivity contribution in [2.75, 3.05) is 6.61 Å². The maximum Gasteiger partial charge on any atom is 0.303 e.